The summed E-state index contributed by atoms with van der Waals surface area (Å²) in [5.74, 6) is -0.963. The normalized spacial score (nSPS) is 11.0. The van der Waals surface area contributed by atoms with Gasteiger partial charge >= 0.3 is 5.97 Å². The number of rotatable bonds is 2. The quantitative estimate of drug-likeness (QED) is 0.838. The molecule has 0 amide bonds. The molecule has 0 aromatic carbocycles. The lowest BCUT2D eigenvalue weighted by Gasteiger charge is -1.96. The number of hydrogen-bond acceptors (Lipinski definition) is 4. The van der Waals surface area contributed by atoms with Gasteiger partial charge in [-0.2, -0.15) is 0 Å². The maximum atomic E-state index is 9.57. The summed E-state index contributed by atoms with van der Waals surface area (Å²) in [5, 5.41) is 7.87. The third-order valence-corrected chi connectivity index (χ3v) is 1.98. The Balaban J connectivity index is 0.000000232. The summed E-state index contributed by atoms with van der Waals surface area (Å²) < 4.78 is 0. The van der Waals surface area contributed by atoms with Crippen molar-refractivity contribution in [2.45, 2.75) is 13.0 Å². The molecule has 94 valence electrons. The van der Waals surface area contributed by atoms with E-state index >= 15 is 0 Å². The molecule has 0 saturated carbocycles. The third kappa shape index (κ3) is 4.71. The number of carbonyl (C=O) groups is 1. The smallest absolute Gasteiger partial charge is 0.320 e. The Morgan fingerprint density at radius 2 is 1.50 bits per heavy atom. The van der Waals surface area contributed by atoms with E-state index in [0.717, 1.165) is 11.4 Å². The number of aliphatic carboxylic acids is 1. The first kappa shape index (κ1) is 13.8. The minimum Gasteiger partial charge on any atom is -0.480 e. The van der Waals surface area contributed by atoms with Crippen molar-refractivity contribution >= 4 is 5.97 Å². The van der Waals surface area contributed by atoms with Crippen LogP contribution in [0.25, 0.3) is 11.4 Å². The Labute approximate surface area is 105 Å². The van der Waals surface area contributed by atoms with Crippen LogP contribution in [0.1, 0.15) is 6.92 Å². The van der Waals surface area contributed by atoms with Gasteiger partial charge in [-0.25, -0.2) is 0 Å². The van der Waals surface area contributed by atoms with Gasteiger partial charge in [0, 0.05) is 12.4 Å². The van der Waals surface area contributed by atoms with Gasteiger partial charge in [0.1, 0.15) is 6.04 Å². The molecule has 0 aliphatic heterocycles. The first-order valence-corrected chi connectivity index (χ1v) is 5.42. The number of pyridine rings is 2. The molecular formula is C13H15N3O2. The lowest BCUT2D eigenvalue weighted by atomic mass is 10.2. The molecule has 5 heteroatoms. The minimum atomic E-state index is -0.963. The van der Waals surface area contributed by atoms with Gasteiger partial charge in [0.25, 0.3) is 0 Å². The van der Waals surface area contributed by atoms with Crippen molar-refractivity contribution in [2.24, 2.45) is 5.73 Å². The summed E-state index contributed by atoms with van der Waals surface area (Å²) in [6.45, 7) is 1.42. The highest BCUT2D eigenvalue weighted by molar-refractivity contribution is 5.72. The van der Waals surface area contributed by atoms with Crippen molar-refractivity contribution in [2.75, 3.05) is 0 Å². The Hall–Kier alpha value is -2.27. The van der Waals surface area contributed by atoms with Crippen LogP contribution in [0.2, 0.25) is 0 Å². The zero-order valence-corrected chi connectivity index (χ0v) is 10.0. The second kappa shape index (κ2) is 7.13. The van der Waals surface area contributed by atoms with E-state index in [1.165, 1.54) is 6.92 Å². The number of hydrogen-bond donors (Lipinski definition) is 2. The maximum absolute atomic E-state index is 9.57. The highest BCUT2D eigenvalue weighted by Crippen LogP contribution is 2.10. The Bertz CT molecular complexity index is 435. The molecule has 2 aromatic heterocycles. The molecule has 2 heterocycles. The van der Waals surface area contributed by atoms with Crippen molar-refractivity contribution in [1.82, 2.24) is 9.97 Å². The fraction of sp³-hybridized carbons (Fsp3) is 0.154. The van der Waals surface area contributed by atoms with Gasteiger partial charge in [-0.1, -0.05) is 12.1 Å². The summed E-state index contributed by atoms with van der Waals surface area (Å²) in [6, 6.07) is 10.9. The topological polar surface area (TPSA) is 89.1 Å². The molecule has 0 radical (unpaired) electrons. The standard InChI is InChI=1S/C10H8N2.C3H7NO2/c1-3-7-11-9(5-1)10-6-2-4-8-12-10;1-2(4)3(5)6/h1-8H;2H,4H2,1H3,(H,5,6). The molecule has 5 nitrogen and oxygen atoms in total. The van der Waals surface area contributed by atoms with Crippen LogP contribution in [0, 0.1) is 0 Å². The molecule has 2 rings (SSSR count). The van der Waals surface area contributed by atoms with E-state index < -0.39 is 12.0 Å². The summed E-state index contributed by atoms with van der Waals surface area (Å²) in [4.78, 5) is 17.9. The average molecular weight is 245 g/mol. The van der Waals surface area contributed by atoms with Gasteiger partial charge in [-0.05, 0) is 31.2 Å². The van der Waals surface area contributed by atoms with E-state index in [0.29, 0.717) is 0 Å². The van der Waals surface area contributed by atoms with E-state index in [1.54, 1.807) is 12.4 Å². The van der Waals surface area contributed by atoms with Gasteiger partial charge in [0.2, 0.25) is 0 Å². The largest absolute Gasteiger partial charge is 0.480 e. The molecule has 2 aromatic rings. The van der Waals surface area contributed by atoms with Gasteiger partial charge in [-0.15, -0.1) is 0 Å². The molecule has 0 bridgehead atoms. The SMILES string of the molecule is CC(N)C(=O)O.c1ccc(-c2ccccn2)nc1. The van der Waals surface area contributed by atoms with Gasteiger partial charge in [-0.3, -0.25) is 14.8 Å². The first-order valence-electron chi connectivity index (χ1n) is 5.42. The molecular weight excluding hydrogens is 230 g/mol. The molecule has 1 unspecified atom stereocenters. The van der Waals surface area contributed by atoms with Crippen LogP contribution >= 0.6 is 0 Å². The summed E-state index contributed by atoms with van der Waals surface area (Å²) in [5.41, 5.74) is 6.67. The van der Waals surface area contributed by atoms with Crippen LogP contribution in [-0.4, -0.2) is 27.1 Å². The monoisotopic (exact) mass is 245 g/mol. The van der Waals surface area contributed by atoms with Crippen molar-refractivity contribution < 1.29 is 9.90 Å². The number of carboxylic acids is 1. The van der Waals surface area contributed by atoms with Crippen LogP contribution in [0.15, 0.2) is 48.8 Å². The van der Waals surface area contributed by atoms with E-state index in [4.69, 9.17) is 10.8 Å². The van der Waals surface area contributed by atoms with Crippen LogP contribution < -0.4 is 5.73 Å². The molecule has 0 aliphatic carbocycles. The zero-order valence-electron chi connectivity index (χ0n) is 10.0. The predicted molar refractivity (Wildman–Crippen MR) is 68.8 cm³/mol. The number of nitrogens with zero attached hydrogens (tertiary/aromatic N) is 2. The van der Waals surface area contributed by atoms with E-state index in [-0.39, 0.29) is 0 Å². The predicted octanol–water partition coefficient (Wildman–Crippen LogP) is 1.56. The summed E-state index contributed by atoms with van der Waals surface area (Å²) in [6.07, 6.45) is 3.54. The average Bonchev–Trinajstić information content (AvgIpc) is 2.41. The molecule has 0 saturated heterocycles. The van der Waals surface area contributed by atoms with Gasteiger partial charge in [0.05, 0.1) is 11.4 Å². The second-order valence-electron chi connectivity index (χ2n) is 3.56. The van der Waals surface area contributed by atoms with Crippen molar-refractivity contribution in [3.8, 4) is 11.4 Å². The lowest BCUT2D eigenvalue weighted by molar-refractivity contribution is -0.138. The molecule has 0 aliphatic rings. The van der Waals surface area contributed by atoms with Gasteiger partial charge in [0.15, 0.2) is 0 Å². The van der Waals surface area contributed by atoms with Crippen LogP contribution in [0.4, 0.5) is 0 Å². The fourth-order valence-electron chi connectivity index (χ4n) is 1.03. The van der Waals surface area contributed by atoms with Crippen LogP contribution in [0.5, 0.6) is 0 Å². The molecule has 18 heavy (non-hydrogen) atoms. The minimum absolute atomic E-state index is 0.731. The number of nitrogens with two attached hydrogens (primary N) is 1. The van der Waals surface area contributed by atoms with Crippen LogP contribution in [0.3, 0.4) is 0 Å². The van der Waals surface area contributed by atoms with Crippen LogP contribution in [-0.2, 0) is 4.79 Å². The number of carboxylic acid groups (broad SMARTS) is 1. The Morgan fingerprint density at radius 3 is 1.72 bits per heavy atom. The highest BCUT2D eigenvalue weighted by Gasteiger charge is 1.99. The van der Waals surface area contributed by atoms with Gasteiger partial charge < -0.3 is 10.8 Å². The highest BCUT2D eigenvalue weighted by atomic mass is 16.4. The molecule has 0 spiro atoms. The Kier molecular flexibility index (Phi) is 5.47. The first-order chi connectivity index (χ1) is 8.61. The van der Waals surface area contributed by atoms with Crippen molar-refractivity contribution in [1.29, 1.82) is 0 Å². The molecule has 3 N–H and O–H groups in total. The Morgan fingerprint density at radius 1 is 1.11 bits per heavy atom. The number of aromatic nitrogens is 2. The third-order valence-electron chi connectivity index (χ3n) is 1.98. The van der Waals surface area contributed by atoms with E-state index in [2.05, 4.69) is 9.97 Å². The van der Waals surface area contributed by atoms with E-state index in [1.807, 2.05) is 36.4 Å². The lowest BCUT2D eigenvalue weighted by Crippen LogP contribution is -2.25. The van der Waals surface area contributed by atoms with Crippen molar-refractivity contribution in [3.05, 3.63) is 48.8 Å². The molecule has 0 fully saturated rings. The second-order valence-corrected chi connectivity index (χ2v) is 3.56. The fourth-order valence-corrected chi connectivity index (χ4v) is 1.03. The van der Waals surface area contributed by atoms with E-state index in [9.17, 15) is 4.79 Å². The molecule has 1 atom stereocenters. The summed E-state index contributed by atoms with van der Waals surface area (Å²) >= 11 is 0. The van der Waals surface area contributed by atoms with Crippen molar-refractivity contribution in [3.63, 3.8) is 0 Å². The zero-order chi connectivity index (χ0) is 13.4. The summed E-state index contributed by atoms with van der Waals surface area (Å²) in [7, 11) is 0. The maximum Gasteiger partial charge on any atom is 0.320 e.